The minimum atomic E-state index is -1.46. The number of carbonyl (C=O) groups is 10. The van der Waals surface area contributed by atoms with Gasteiger partial charge in [0.05, 0.1) is 32.2 Å². The van der Waals surface area contributed by atoms with Crippen LogP contribution in [0.4, 0.5) is 0 Å². The highest BCUT2D eigenvalue weighted by Gasteiger charge is 2.30. The summed E-state index contributed by atoms with van der Waals surface area (Å²) in [5, 5.41) is 28.6. The van der Waals surface area contributed by atoms with Crippen LogP contribution in [0.5, 0.6) is 0 Å². The van der Waals surface area contributed by atoms with E-state index in [1.807, 2.05) is 96.1 Å². The van der Waals surface area contributed by atoms with E-state index in [4.69, 9.17) is 11.5 Å². The van der Waals surface area contributed by atoms with Gasteiger partial charge in [-0.15, -0.1) is 0 Å². The molecule has 1 aromatic heterocycles. The zero-order valence-corrected chi connectivity index (χ0v) is 47.2. The molecule has 1 heterocycles. The molecule has 0 fully saturated rings. The average Bonchev–Trinajstić information content (AvgIpc) is 3.78. The number of nitrogens with one attached hydrogen (secondary N) is 4. The number of nitrogens with zero attached hydrogens (tertiary/aromatic N) is 4. The highest BCUT2D eigenvalue weighted by atomic mass is 16.4. The van der Waals surface area contributed by atoms with Crippen molar-refractivity contribution < 1.29 is 58.2 Å². The topological polar surface area (TPSA) is 328 Å². The van der Waals surface area contributed by atoms with E-state index in [9.17, 15) is 58.2 Å². The van der Waals surface area contributed by atoms with Gasteiger partial charge >= 0.3 is 11.9 Å². The van der Waals surface area contributed by atoms with E-state index in [1.54, 1.807) is 13.1 Å². The smallest absolute Gasteiger partial charge is 0.312 e. The molecule has 0 spiro atoms. The summed E-state index contributed by atoms with van der Waals surface area (Å²) in [6.45, 7) is 10.7. The molecule has 436 valence electrons. The number of carboxylic acids is 2. The molecule has 0 saturated carbocycles. The molecule has 0 unspecified atom stereocenters. The van der Waals surface area contributed by atoms with E-state index in [2.05, 4.69) is 20.9 Å². The van der Waals surface area contributed by atoms with Crippen molar-refractivity contribution in [3.05, 3.63) is 71.9 Å². The van der Waals surface area contributed by atoms with Crippen molar-refractivity contribution in [2.24, 2.45) is 29.2 Å². The summed E-state index contributed by atoms with van der Waals surface area (Å²) < 4.78 is 0. The van der Waals surface area contributed by atoms with Gasteiger partial charge in [-0.2, -0.15) is 0 Å². The Morgan fingerprint density at radius 3 is 1.57 bits per heavy atom. The molecule has 0 saturated heterocycles. The van der Waals surface area contributed by atoms with Crippen molar-refractivity contribution in [2.75, 3.05) is 52.4 Å². The third-order valence-electron chi connectivity index (χ3n) is 13.0. The molecular formula is C57H86N10O12. The summed E-state index contributed by atoms with van der Waals surface area (Å²) in [5.41, 5.74) is 14.3. The number of aromatic amines is 1. The van der Waals surface area contributed by atoms with Crippen molar-refractivity contribution in [1.82, 2.24) is 40.5 Å². The molecule has 8 amide bonds. The van der Waals surface area contributed by atoms with Crippen molar-refractivity contribution >= 4 is 70.1 Å². The Bertz CT molecular complexity index is 2500. The number of aliphatic carboxylic acids is 2. The fraction of sp³-hybridized carbons (Fsp3) is 0.579. The summed E-state index contributed by atoms with van der Waals surface area (Å²) in [7, 11) is 0. The van der Waals surface area contributed by atoms with Crippen molar-refractivity contribution in [3.8, 4) is 0 Å². The molecule has 3 rings (SSSR count). The second kappa shape index (κ2) is 33.8. The van der Waals surface area contributed by atoms with Crippen LogP contribution in [0.2, 0.25) is 0 Å². The fourth-order valence-electron chi connectivity index (χ4n) is 9.34. The average molecular weight is 1100 g/mol. The van der Waals surface area contributed by atoms with Crippen LogP contribution in [0.25, 0.3) is 10.9 Å². The molecule has 0 aliphatic heterocycles. The molecule has 0 bridgehead atoms. The fourth-order valence-corrected chi connectivity index (χ4v) is 9.34. The maximum Gasteiger partial charge on any atom is 0.312 e. The Labute approximate surface area is 464 Å². The Morgan fingerprint density at radius 1 is 0.557 bits per heavy atom. The molecule has 0 aliphatic carbocycles. The number of carbonyl (C=O) groups excluding carboxylic acids is 8. The van der Waals surface area contributed by atoms with Crippen LogP contribution < -0.4 is 27.4 Å². The first-order valence-corrected chi connectivity index (χ1v) is 27.4. The molecule has 79 heavy (non-hydrogen) atoms. The van der Waals surface area contributed by atoms with Crippen LogP contribution in [0, 0.1) is 17.8 Å². The summed E-state index contributed by atoms with van der Waals surface area (Å²) in [6, 6.07) is 13.6. The number of rotatable bonds is 37. The van der Waals surface area contributed by atoms with Crippen LogP contribution in [0.1, 0.15) is 117 Å². The first-order chi connectivity index (χ1) is 37.3. The third kappa shape index (κ3) is 25.8. The summed E-state index contributed by atoms with van der Waals surface area (Å²) >= 11 is 0. The number of amides is 8. The summed E-state index contributed by atoms with van der Waals surface area (Å²) in [5.74, 6) is -6.97. The molecular weight excluding hydrogens is 1020 g/mol. The lowest BCUT2D eigenvalue weighted by Gasteiger charge is -2.32. The van der Waals surface area contributed by atoms with Gasteiger partial charge < -0.3 is 62.2 Å². The number of nitrogens with two attached hydrogens (primary N) is 2. The predicted octanol–water partition coefficient (Wildman–Crippen LogP) is 3.20. The van der Waals surface area contributed by atoms with Crippen LogP contribution in [0.15, 0.2) is 60.8 Å². The largest absolute Gasteiger partial charge is 0.481 e. The quantitative estimate of drug-likeness (QED) is 0.0385. The number of benzene rings is 2. The number of carboxylic acid groups (broad SMARTS) is 2. The van der Waals surface area contributed by atoms with Gasteiger partial charge in [-0.25, -0.2) is 0 Å². The molecule has 2 aromatic carbocycles. The van der Waals surface area contributed by atoms with Gasteiger partial charge in [-0.05, 0) is 73.5 Å². The van der Waals surface area contributed by atoms with E-state index in [1.165, 1.54) is 14.7 Å². The SMILES string of the molecule is CCC(=O)N(CC(=O)N[C@@H](CC(C)C)CN(CC(N)=O)C(=O)CCC(C)C)C[C@H](Cc1c[nH]c2ccccc12)NC(=O)CN(C[C@H](CC(C)C)NC(=O)CN(C[C@@H](N)CCC(=O)O)C(=O)CCc1ccccc1)C(=O)CC(=O)O. The minimum absolute atomic E-state index is 0.00175. The number of primary amides is 1. The number of aromatic nitrogens is 1. The Morgan fingerprint density at radius 2 is 1.05 bits per heavy atom. The van der Waals surface area contributed by atoms with Gasteiger partial charge in [-0.3, -0.25) is 47.9 Å². The van der Waals surface area contributed by atoms with Gasteiger partial charge in [0.2, 0.25) is 47.3 Å². The maximum absolute atomic E-state index is 14.4. The van der Waals surface area contributed by atoms with Crippen molar-refractivity contribution in [3.63, 3.8) is 0 Å². The lowest BCUT2D eigenvalue weighted by Crippen LogP contribution is -2.55. The second-order valence-electron chi connectivity index (χ2n) is 21.7. The van der Waals surface area contributed by atoms with E-state index < -0.39 is 104 Å². The summed E-state index contributed by atoms with van der Waals surface area (Å²) in [6.07, 6.45) is 2.57. The highest BCUT2D eigenvalue weighted by molar-refractivity contribution is 5.95. The van der Waals surface area contributed by atoms with Crippen LogP contribution in [0.3, 0.4) is 0 Å². The molecule has 0 aliphatic rings. The zero-order valence-electron chi connectivity index (χ0n) is 47.2. The lowest BCUT2D eigenvalue weighted by molar-refractivity contribution is -0.146. The molecule has 22 nitrogen and oxygen atoms in total. The standard InChI is InChI=1S/C57H86N10O12/c1-8-52(72)66(35-50(70)61-43(24-38(4)5)30-65(33-48(59)68)53(73)21-18-37(2)3)32-45(26-41-28-60-47-17-13-12-16-46(41)47)63-51(71)36-67(55(75)27-57(78)79)31-44(25-39(6)7)62-49(69)34-64(29-42(58)20-23-56(76)77)54(74)22-19-40-14-10-9-11-15-40/h9-17,28,37-39,42-45,60H,8,18-27,29-36,58H2,1-7H3,(H2,59,68)(H,61,70)(H,62,69)(H,63,71)(H,76,77)(H,78,79)/t42-,43-,44-,45-/m0/s1. The van der Waals surface area contributed by atoms with Gasteiger partial charge in [-0.1, -0.05) is 97.0 Å². The van der Waals surface area contributed by atoms with Gasteiger partial charge in [0.25, 0.3) is 0 Å². The number of para-hydroxylation sites is 1. The number of aryl methyl sites for hydroxylation is 1. The monoisotopic (exact) mass is 1100 g/mol. The van der Waals surface area contributed by atoms with Gasteiger partial charge in [0.1, 0.15) is 6.42 Å². The molecule has 10 N–H and O–H groups in total. The number of H-pyrrole nitrogens is 1. The van der Waals surface area contributed by atoms with Gasteiger partial charge in [0, 0.05) is 87.1 Å². The zero-order chi connectivity index (χ0) is 58.8. The Hall–Kier alpha value is -7.36. The number of fused-ring (bicyclic) bond motifs is 1. The van der Waals surface area contributed by atoms with Crippen molar-refractivity contribution in [1.29, 1.82) is 0 Å². The third-order valence-corrected chi connectivity index (χ3v) is 13.0. The minimum Gasteiger partial charge on any atom is -0.481 e. The Balaban J connectivity index is 1.93. The highest BCUT2D eigenvalue weighted by Crippen LogP contribution is 2.20. The molecule has 3 aromatic rings. The number of hydrogen-bond acceptors (Lipinski definition) is 11. The first-order valence-electron chi connectivity index (χ1n) is 27.4. The van der Waals surface area contributed by atoms with Crippen LogP contribution in [-0.2, 0) is 60.8 Å². The summed E-state index contributed by atoms with van der Waals surface area (Å²) in [4.78, 5) is 140. The van der Waals surface area contributed by atoms with E-state index >= 15 is 0 Å². The molecule has 22 heteroatoms. The van der Waals surface area contributed by atoms with E-state index in [-0.39, 0.29) is 101 Å². The Kier molecular flexibility index (Phi) is 28.2. The lowest BCUT2D eigenvalue weighted by atomic mass is 10.0. The van der Waals surface area contributed by atoms with Crippen LogP contribution in [-0.4, -0.2) is 171 Å². The van der Waals surface area contributed by atoms with Crippen molar-refractivity contribution in [2.45, 2.75) is 143 Å². The first kappa shape index (κ1) is 65.9. The van der Waals surface area contributed by atoms with Crippen LogP contribution >= 0.6 is 0 Å². The second-order valence-corrected chi connectivity index (χ2v) is 21.7. The van der Waals surface area contributed by atoms with Gasteiger partial charge in [0.15, 0.2) is 0 Å². The van der Waals surface area contributed by atoms with E-state index in [0.29, 0.717) is 19.3 Å². The normalized spacial score (nSPS) is 12.8. The molecule has 4 atom stereocenters. The number of hydrogen-bond donors (Lipinski definition) is 8. The maximum atomic E-state index is 14.4. The van der Waals surface area contributed by atoms with E-state index in [0.717, 1.165) is 26.9 Å². The predicted molar refractivity (Wildman–Crippen MR) is 298 cm³/mol. The molecule has 0 radical (unpaired) electrons.